The number of benzene rings is 1. The van der Waals surface area contributed by atoms with Gasteiger partial charge in [-0.15, -0.1) is 0 Å². The summed E-state index contributed by atoms with van der Waals surface area (Å²) in [5, 5.41) is 13.1. The maximum Gasteiger partial charge on any atom is 0.336 e. The molecule has 0 radical (unpaired) electrons. The number of aromatic carboxylic acids is 1. The highest BCUT2D eigenvalue weighted by Gasteiger charge is 2.27. The van der Waals surface area contributed by atoms with Gasteiger partial charge in [0.25, 0.3) is 0 Å². The molecule has 0 aliphatic rings. The quantitative estimate of drug-likeness (QED) is 0.866. The molecule has 1 heterocycles. The molecule has 0 atom stereocenters. The summed E-state index contributed by atoms with van der Waals surface area (Å²) in [6, 6.07) is 2.48. The molecule has 0 fully saturated rings. The van der Waals surface area contributed by atoms with Crippen LogP contribution in [0.2, 0.25) is 5.02 Å². The molecule has 7 nitrogen and oxygen atoms in total. The Balaban J connectivity index is 2.49. The molecule has 0 unspecified atom stereocenters. The van der Waals surface area contributed by atoms with Crippen molar-refractivity contribution in [3.8, 4) is 0 Å². The van der Waals surface area contributed by atoms with E-state index in [1.165, 1.54) is 26.1 Å². The van der Waals surface area contributed by atoms with E-state index in [0.29, 0.717) is 17.0 Å². The smallest absolute Gasteiger partial charge is 0.336 e. The first kappa shape index (κ1) is 18.4. The van der Waals surface area contributed by atoms with Gasteiger partial charge in [0.1, 0.15) is 5.76 Å². The van der Waals surface area contributed by atoms with Crippen LogP contribution in [-0.2, 0) is 16.6 Å². The topological polar surface area (TPSA) is 101 Å². The lowest BCUT2D eigenvalue weighted by molar-refractivity contribution is 0.0695. The summed E-state index contributed by atoms with van der Waals surface area (Å²) < 4.78 is 31.9. The van der Waals surface area contributed by atoms with Crippen molar-refractivity contribution < 1.29 is 22.8 Å². The Morgan fingerprint density at radius 1 is 1.33 bits per heavy atom. The van der Waals surface area contributed by atoms with Crippen molar-refractivity contribution in [1.82, 2.24) is 9.46 Å². The van der Waals surface area contributed by atoms with Crippen molar-refractivity contribution in [2.24, 2.45) is 0 Å². The van der Waals surface area contributed by atoms with Crippen LogP contribution in [0.25, 0.3) is 0 Å². The number of carbonyl (C=O) groups is 1. The maximum atomic E-state index is 12.9. The Morgan fingerprint density at radius 2 is 1.96 bits per heavy atom. The fourth-order valence-corrected chi connectivity index (χ4v) is 4.04. The van der Waals surface area contributed by atoms with Gasteiger partial charge in [0.05, 0.1) is 16.2 Å². The van der Waals surface area contributed by atoms with E-state index in [-0.39, 0.29) is 27.6 Å². The van der Waals surface area contributed by atoms with Crippen molar-refractivity contribution in [3.05, 3.63) is 45.3 Å². The minimum absolute atomic E-state index is 0.0438. The zero-order valence-corrected chi connectivity index (χ0v) is 15.2. The van der Waals surface area contributed by atoms with Crippen molar-refractivity contribution in [3.63, 3.8) is 0 Å². The maximum absolute atomic E-state index is 12.9. The lowest BCUT2D eigenvalue weighted by Crippen LogP contribution is -2.28. The number of aryl methyl sites for hydroxylation is 2. The van der Waals surface area contributed by atoms with Crippen LogP contribution in [-0.4, -0.2) is 36.0 Å². The van der Waals surface area contributed by atoms with E-state index < -0.39 is 16.0 Å². The minimum atomic E-state index is -3.94. The van der Waals surface area contributed by atoms with Crippen LogP contribution in [0, 0.1) is 20.8 Å². The Hall–Kier alpha value is -1.90. The number of sulfonamides is 1. The predicted octanol–water partition coefficient (Wildman–Crippen LogP) is 2.77. The summed E-state index contributed by atoms with van der Waals surface area (Å²) in [7, 11) is -2.54. The third kappa shape index (κ3) is 3.31. The Bertz CT molecular complexity index is 885. The largest absolute Gasteiger partial charge is 0.478 e. The van der Waals surface area contributed by atoms with Gasteiger partial charge in [-0.3, -0.25) is 0 Å². The summed E-state index contributed by atoms with van der Waals surface area (Å²) in [5.41, 5.74) is 1.26. The summed E-state index contributed by atoms with van der Waals surface area (Å²) in [6.45, 7) is 4.91. The van der Waals surface area contributed by atoms with Gasteiger partial charge >= 0.3 is 5.97 Å². The standard InChI is InChI=1S/C15H17ClN2O5S/c1-8-12(15(19)20)5-11(16)6-14(8)24(21,22)18(4)7-13-9(2)17-23-10(13)3/h5-6H,7H2,1-4H3,(H,19,20). The van der Waals surface area contributed by atoms with Gasteiger partial charge in [0.2, 0.25) is 10.0 Å². The van der Waals surface area contributed by atoms with Crippen molar-refractivity contribution >= 4 is 27.6 Å². The number of aromatic nitrogens is 1. The molecule has 0 spiro atoms. The van der Waals surface area contributed by atoms with Gasteiger partial charge < -0.3 is 9.63 Å². The molecule has 0 bridgehead atoms. The molecule has 1 aromatic heterocycles. The van der Waals surface area contributed by atoms with E-state index in [4.69, 9.17) is 16.1 Å². The molecule has 1 aromatic carbocycles. The molecule has 0 aliphatic carbocycles. The summed E-state index contributed by atoms with van der Waals surface area (Å²) in [6.07, 6.45) is 0. The van der Waals surface area contributed by atoms with E-state index in [1.54, 1.807) is 13.8 Å². The van der Waals surface area contributed by atoms with Crippen LogP contribution in [0.3, 0.4) is 0 Å². The zero-order valence-electron chi connectivity index (χ0n) is 13.6. The zero-order chi connectivity index (χ0) is 18.2. The first-order valence-corrected chi connectivity index (χ1v) is 8.79. The molecule has 2 aromatic rings. The van der Waals surface area contributed by atoms with Crippen molar-refractivity contribution in [1.29, 1.82) is 0 Å². The van der Waals surface area contributed by atoms with Crippen molar-refractivity contribution in [2.75, 3.05) is 7.05 Å². The highest BCUT2D eigenvalue weighted by Crippen LogP contribution is 2.28. The molecule has 0 saturated carbocycles. The monoisotopic (exact) mass is 372 g/mol. The third-order valence-electron chi connectivity index (χ3n) is 3.81. The molecular formula is C15H17ClN2O5S. The van der Waals surface area contributed by atoms with E-state index in [0.717, 1.165) is 4.31 Å². The van der Waals surface area contributed by atoms with Crippen LogP contribution in [0.4, 0.5) is 0 Å². The fourth-order valence-electron chi connectivity index (χ4n) is 2.35. The number of halogens is 1. The summed E-state index contributed by atoms with van der Waals surface area (Å²) in [4.78, 5) is 11.1. The van der Waals surface area contributed by atoms with Crippen LogP contribution >= 0.6 is 11.6 Å². The lowest BCUT2D eigenvalue weighted by Gasteiger charge is -2.19. The number of carboxylic acids is 1. The average Bonchev–Trinajstić information content (AvgIpc) is 2.80. The van der Waals surface area contributed by atoms with E-state index in [1.807, 2.05) is 0 Å². The molecule has 1 N–H and O–H groups in total. The number of nitrogens with zero attached hydrogens (tertiary/aromatic N) is 2. The first-order chi connectivity index (χ1) is 11.1. The fraction of sp³-hybridized carbons (Fsp3) is 0.333. The predicted molar refractivity (Wildman–Crippen MR) is 87.8 cm³/mol. The molecule has 130 valence electrons. The molecule has 0 aliphatic heterocycles. The second kappa shape index (κ2) is 6.54. The van der Waals surface area contributed by atoms with Crippen LogP contribution < -0.4 is 0 Å². The number of carboxylic acid groups (broad SMARTS) is 1. The highest BCUT2D eigenvalue weighted by molar-refractivity contribution is 7.89. The van der Waals surface area contributed by atoms with Crippen LogP contribution in [0.5, 0.6) is 0 Å². The van der Waals surface area contributed by atoms with Crippen LogP contribution in [0.1, 0.15) is 32.9 Å². The third-order valence-corrected chi connectivity index (χ3v) is 5.95. The average molecular weight is 373 g/mol. The van der Waals surface area contributed by atoms with Crippen molar-refractivity contribution in [2.45, 2.75) is 32.2 Å². The van der Waals surface area contributed by atoms with Gasteiger partial charge in [0.15, 0.2) is 0 Å². The minimum Gasteiger partial charge on any atom is -0.478 e. The van der Waals surface area contributed by atoms with Gasteiger partial charge in [-0.25, -0.2) is 13.2 Å². The second-order valence-electron chi connectivity index (χ2n) is 5.45. The summed E-state index contributed by atoms with van der Waals surface area (Å²) in [5.74, 6) is -0.705. The van der Waals surface area contributed by atoms with Gasteiger partial charge in [0, 0.05) is 24.2 Å². The Kier molecular flexibility index (Phi) is 5.03. The van der Waals surface area contributed by atoms with Gasteiger partial charge in [-0.2, -0.15) is 4.31 Å². The van der Waals surface area contributed by atoms with E-state index in [2.05, 4.69) is 5.16 Å². The summed E-state index contributed by atoms with van der Waals surface area (Å²) >= 11 is 5.90. The molecule has 2 rings (SSSR count). The molecule has 9 heteroatoms. The normalized spacial score (nSPS) is 11.9. The molecule has 24 heavy (non-hydrogen) atoms. The van der Waals surface area contributed by atoms with Gasteiger partial charge in [-0.1, -0.05) is 16.8 Å². The first-order valence-electron chi connectivity index (χ1n) is 6.97. The Morgan fingerprint density at radius 3 is 2.46 bits per heavy atom. The van der Waals surface area contributed by atoms with Gasteiger partial charge in [-0.05, 0) is 38.5 Å². The molecule has 0 amide bonds. The molecular weight excluding hydrogens is 356 g/mol. The molecule has 0 saturated heterocycles. The van der Waals surface area contributed by atoms with E-state index >= 15 is 0 Å². The number of hydrogen-bond donors (Lipinski definition) is 1. The van der Waals surface area contributed by atoms with E-state index in [9.17, 15) is 18.3 Å². The SMILES string of the molecule is Cc1noc(C)c1CN(C)S(=O)(=O)c1cc(Cl)cc(C(=O)O)c1C. The lowest BCUT2D eigenvalue weighted by atomic mass is 10.1. The number of hydrogen-bond acceptors (Lipinski definition) is 5. The second-order valence-corrected chi connectivity index (χ2v) is 7.90. The number of rotatable bonds is 5. The Labute approximate surface area is 144 Å². The highest BCUT2D eigenvalue weighted by atomic mass is 35.5. The van der Waals surface area contributed by atoms with Crippen LogP contribution in [0.15, 0.2) is 21.6 Å².